The number of ether oxygens (including phenoxy) is 5. The molecule has 9 nitrogen and oxygen atoms in total. The van der Waals surface area contributed by atoms with Crippen LogP contribution < -0.4 is 0 Å². The lowest BCUT2D eigenvalue weighted by atomic mass is 9.71. The third-order valence-electron chi connectivity index (χ3n) is 6.88. The number of allylic oxidation sites excluding steroid dienone is 1. The third-order valence-corrected chi connectivity index (χ3v) is 6.88. The van der Waals surface area contributed by atoms with Gasteiger partial charge in [-0.05, 0) is 40.2 Å². The maximum atomic E-state index is 12.7. The summed E-state index contributed by atoms with van der Waals surface area (Å²) in [4.78, 5) is 36.7. The lowest BCUT2D eigenvalue weighted by Gasteiger charge is -2.43. The van der Waals surface area contributed by atoms with Crippen LogP contribution in [0, 0.1) is 5.92 Å². The Bertz CT molecular complexity index is 875. The van der Waals surface area contributed by atoms with Crippen molar-refractivity contribution in [3.8, 4) is 0 Å². The fourth-order valence-electron chi connectivity index (χ4n) is 4.75. The average molecular weight is 467 g/mol. The highest BCUT2D eigenvalue weighted by molar-refractivity contribution is 5.87. The molecule has 0 aromatic rings. The zero-order chi connectivity index (χ0) is 24.9. The van der Waals surface area contributed by atoms with E-state index in [0.717, 1.165) is 0 Å². The van der Waals surface area contributed by atoms with Gasteiger partial charge in [-0.3, -0.25) is 9.59 Å². The van der Waals surface area contributed by atoms with E-state index in [4.69, 9.17) is 23.7 Å². The molecule has 0 bridgehead atoms. The summed E-state index contributed by atoms with van der Waals surface area (Å²) in [7, 11) is 0. The van der Waals surface area contributed by atoms with E-state index in [9.17, 15) is 19.5 Å². The van der Waals surface area contributed by atoms with Gasteiger partial charge < -0.3 is 28.8 Å². The van der Waals surface area contributed by atoms with E-state index in [0.29, 0.717) is 11.1 Å². The van der Waals surface area contributed by atoms with E-state index in [1.165, 1.54) is 13.8 Å². The largest absolute Gasteiger partial charge is 0.458 e. The molecule has 3 aliphatic rings. The summed E-state index contributed by atoms with van der Waals surface area (Å²) in [6.45, 7) is 15.3. The molecule has 3 fully saturated rings. The number of esters is 3. The Hall–Kier alpha value is -2.23. The van der Waals surface area contributed by atoms with E-state index >= 15 is 0 Å². The Morgan fingerprint density at radius 3 is 2.09 bits per heavy atom. The van der Waals surface area contributed by atoms with Gasteiger partial charge in [0.15, 0.2) is 12.2 Å². The second-order valence-electron chi connectivity index (χ2n) is 9.73. The van der Waals surface area contributed by atoms with Gasteiger partial charge in [0.05, 0.1) is 23.7 Å². The zero-order valence-electron chi connectivity index (χ0n) is 20.2. The van der Waals surface area contributed by atoms with Crippen molar-refractivity contribution in [3.63, 3.8) is 0 Å². The highest BCUT2D eigenvalue weighted by Gasteiger charge is 2.73. The van der Waals surface area contributed by atoms with Gasteiger partial charge in [-0.25, -0.2) is 4.79 Å². The van der Waals surface area contributed by atoms with Crippen LogP contribution in [-0.4, -0.2) is 70.8 Å². The van der Waals surface area contributed by atoms with Crippen molar-refractivity contribution in [2.75, 3.05) is 0 Å². The minimum atomic E-state index is -1.03. The van der Waals surface area contributed by atoms with Crippen molar-refractivity contribution >= 4 is 17.9 Å². The van der Waals surface area contributed by atoms with Crippen LogP contribution in [0.2, 0.25) is 0 Å². The molecule has 9 heteroatoms. The highest BCUT2D eigenvalue weighted by Crippen LogP contribution is 2.55. The molecular formula is C24H34O9. The van der Waals surface area contributed by atoms with E-state index in [-0.39, 0.29) is 6.42 Å². The average Bonchev–Trinajstić information content (AvgIpc) is 3.32. The number of fused-ring (bicyclic) bond motifs is 1. The van der Waals surface area contributed by atoms with E-state index < -0.39 is 71.7 Å². The molecule has 2 aliphatic heterocycles. The van der Waals surface area contributed by atoms with Gasteiger partial charge in [0.1, 0.15) is 17.8 Å². The van der Waals surface area contributed by atoms with E-state index in [1.54, 1.807) is 40.7 Å². The number of carbonyl (C=O) groups is 3. The smallest absolute Gasteiger partial charge is 0.333 e. The first kappa shape index (κ1) is 25.4. The van der Waals surface area contributed by atoms with Crippen molar-refractivity contribution in [2.45, 2.75) is 103 Å². The van der Waals surface area contributed by atoms with Gasteiger partial charge in [-0.1, -0.05) is 12.7 Å². The monoisotopic (exact) mass is 466 g/mol. The maximum absolute atomic E-state index is 12.7. The summed E-state index contributed by atoms with van der Waals surface area (Å²) in [6, 6.07) is 0. The van der Waals surface area contributed by atoms with E-state index in [2.05, 4.69) is 6.58 Å². The van der Waals surface area contributed by atoms with Gasteiger partial charge in [0.2, 0.25) is 0 Å². The molecule has 1 aliphatic carbocycles. The molecule has 8 atom stereocenters. The predicted octanol–water partition coefficient (Wildman–Crippen LogP) is 2.00. The number of aliphatic hydroxyl groups is 1. The summed E-state index contributed by atoms with van der Waals surface area (Å²) in [5.41, 5.74) is -0.947. The first-order valence-electron chi connectivity index (χ1n) is 11.1. The van der Waals surface area contributed by atoms with Crippen LogP contribution in [-0.2, 0) is 38.1 Å². The van der Waals surface area contributed by atoms with Crippen LogP contribution in [0.3, 0.4) is 0 Å². The molecule has 8 unspecified atom stereocenters. The summed E-state index contributed by atoms with van der Waals surface area (Å²) in [6.07, 6.45) is -2.89. The van der Waals surface area contributed by atoms with Crippen LogP contribution in [0.4, 0.5) is 0 Å². The quantitative estimate of drug-likeness (QED) is 0.206. The zero-order valence-corrected chi connectivity index (χ0v) is 20.2. The number of rotatable bonds is 6. The molecule has 1 saturated carbocycles. The number of hydrogen-bond acceptors (Lipinski definition) is 9. The molecular weight excluding hydrogens is 432 g/mol. The Morgan fingerprint density at radius 2 is 1.61 bits per heavy atom. The van der Waals surface area contributed by atoms with Crippen LogP contribution in [0.15, 0.2) is 23.8 Å². The number of carbonyl (C=O) groups excluding carboxylic acids is 3. The molecule has 184 valence electrons. The van der Waals surface area contributed by atoms with Gasteiger partial charge in [0, 0.05) is 25.8 Å². The molecule has 2 saturated heterocycles. The first-order valence-corrected chi connectivity index (χ1v) is 11.1. The van der Waals surface area contributed by atoms with E-state index in [1.807, 2.05) is 0 Å². The fourth-order valence-corrected chi connectivity index (χ4v) is 4.75. The summed E-state index contributed by atoms with van der Waals surface area (Å²) < 4.78 is 29.1. The Balaban J connectivity index is 2.04. The number of hydrogen-bond donors (Lipinski definition) is 1. The molecule has 2 heterocycles. The first-order chi connectivity index (χ1) is 15.2. The molecule has 0 aromatic carbocycles. The highest BCUT2D eigenvalue weighted by atomic mass is 16.7. The van der Waals surface area contributed by atoms with Gasteiger partial charge >= 0.3 is 17.9 Å². The van der Waals surface area contributed by atoms with Crippen molar-refractivity contribution in [3.05, 3.63) is 23.8 Å². The van der Waals surface area contributed by atoms with Crippen molar-refractivity contribution in [1.29, 1.82) is 0 Å². The summed E-state index contributed by atoms with van der Waals surface area (Å²) >= 11 is 0. The minimum Gasteiger partial charge on any atom is -0.458 e. The van der Waals surface area contributed by atoms with Gasteiger partial charge in [-0.2, -0.15) is 0 Å². The summed E-state index contributed by atoms with van der Waals surface area (Å²) in [5.74, 6) is -2.50. The molecule has 0 spiro atoms. The molecule has 0 aromatic heterocycles. The molecule has 0 amide bonds. The van der Waals surface area contributed by atoms with Crippen LogP contribution in [0.25, 0.3) is 0 Å². The second-order valence-corrected chi connectivity index (χ2v) is 9.73. The second kappa shape index (κ2) is 8.85. The number of epoxide rings is 1. The van der Waals surface area contributed by atoms with Gasteiger partial charge in [-0.15, -0.1) is 0 Å². The predicted molar refractivity (Wildman–Crippen MR) is 116 cm³/mol. The molecule has 3 rings (SSSR count). The van der Waals surface area contributed by atoms with Gasteiger partial charge in [0.25, 0.3) is 0 Å². The van der Waals surface area contributed by atoms with Crippen molar-refractivity contribution in [1.82, 2.24) is 0 Å². The van der Waals surface area contributed by atoms with Crippen molar-refractivity contribution in [2.24, 2.45) is 5.92 Å². The lowest BCUT2D eigenvalue weighted by molar-refractivity contribution is -0.186. The lowest BCUT2D eigenvalue weighted by Crippen LogP contribution is -2.59. The Kier molecular flexibility index (Phi) is 6.81. The Labute approximate surface area is 194 Å². The normalized spacial score (nSPS) is 39.3. The Morgan fingerprint density at radius 1 is 1.00 bits per heavy atom. The molecule has 33 heavy (non-hydrogen) atoms. The SMILES string of the molecule is C=C(C1CC(O)C(C)(C)O1)C1C(OC(C)=O)C(OC(C)=O)C2(C)OC2C1OC(=O)C(C)=CC. The standard InChI is InChI=1S/C24H34O9/c1-9-11(2)22(28)31-19-17(12(3)15-10-16(27)23(6,7)32-15)18(29-13(4)25)20(30-14(5)26)24(8)21(19)33-24/h9,15-21,27H,3,10H2,1-2,4-8H3. The minimum absolute atomic E-state index is 0.269. The van der Waals surface area contributed by atoms with Crippen LogP contribution >= 0.6 is 0 Å². The maximum Gasteiger partial charge on any atom is 0.333 e. The summed E-state index contributed by atoms with van der Waals surface area (Å²) in [5, 5.41) is 10.4. The fraction of sp³-hybridized carbons (Fsp3) is 0.708. The van der Waals surface area contributed by atoms with Crippen LogP contribution in [0.5, 0.6) is 0 Å². The molecule has 1 N–H and O–H groups in total. The van der Waals surface area contributed by atoms with Crippen LogP contribution in [0.1, 0.15) is 54.9 Å². The number of aliphatic hydroxyl groups excluding tert-OH is 1. The van der Waals surface area contributed by atoms with Crippen molar-refractivity contribution < 1.29 is 43.2 Å². The topological polar surface area (TPSA) is 121 Å². The molecule has 0 radical (unpaired) electrons. The third kappa shape index (κ3) is 4.72.